The van der Waals surface area contributed by atoms with Gasteiger partial charge in [0.1, 0.15) is 0 Å². The zero-order chi connectivity index (χ0) is 10.2. The molecule has 1 rings (SSSR count). The van der Waals surface area contributed by atoms with E-state index >= 15 is 0 Å². The van der Waals surface area contributed by atoms with E-state index in [2.05, 4.69) is 11.9 Å². The Balaban J connectivity index is 2.15. The highest BCUT2D eigenvalue weighted by Crippen LogP contribution is 2.07. The van der Waals surface area contributed by atoms with Crippen molar-refractivity contribution in [3.05, 3.63) is 23.9 Å². The number of hydrogen-bond donors (Lipinski definition) is 0. The van der Waals surface area contributed by atoms with Gasteiger partial charge in [0.05, 0.1) is 6.61 Å². The second-order valence-electron chi connectivity index (χ2n) is 3.58. The van der Waals surface area contributed by atoms with E-state index in [1.165, 1.54) is 24.8 Å². The fourth-order valence-electron chi connectivity index (χ4n) is 1.25. The monoisotopic (exact) mass is 193 g/mol. The Morgan fingerprint density at radius 3 is 2.71 bits per heavy atom. The van der Waals surface area contributed by atoms with Gasteiger partial charge in [0.25, 0.3) is 0 Å². The molecule has 1 aromatic heterocycles. The summed E-state index contributed by atoms with van der Waals surface area (Å²) in [5, 5.41) is 0. The summed E-state index contributed by atoms with van der Waals surface area (Å²) in [5.41, 5.74) is 1.17. The van der Waals surface area contributed by atoms with Crippen LogP contribution in [-0.2, 0) is 0 Å². The maximum Gasteiger partial charge on any atom is 0.213 e. The Labute approximate surface area is 86.3 Å². The standard InChI is InChI=1S/C12H19NO/c1-3-4-5-6-9-14-12-8-7-11(2)10-13-12/h7-8,10H,3-6,9H2,1-2H3. The molecule has 0 bridgehead atoms. The van der Waals surface area contributed by atoms with Crippen LogP contribution >= 0.6 is 0 Å². The average molecular weight is 193 g/mol. The average Bonchev–Trinajstić information content (AvgIpc) is 2.21. The maximum absolute atomic E-state index is 5.50. The molecule has 0 aliphatic carbocycles. The molecule has 0 N–H and O–H groups in total. The minimum Gasteiger partial charge on any atom is -0.478 e. The van der Waals surface area contributed by atoms with E-state index < -0.39 is 0 Å². The van der Waals surface area contributed by atoms with E-state index in [9.17, 15) is 0 Å². The molecule has 0 unspecified atom stereocenters. The number of rotatable bonds is 6. The van der Waals surface area contributed by atoms with Crippen molar-refractivity contribution in [2.75, 3.05) is 6.61 Å². The molecule has 0 fully saturated rings. The van der Waals surface area contributed by atoms with Crippen molar-refractivity contribution < 1.29 is 4.74 Å². The molecular weight excluding hydrogens is 174 g/mol. The molecule has 1 heterocycles. The van der Waals surface area contributed by atoms with E-state index in [-0.39, 0.29) is 0 Å². The first-order valence-electron chi connectivity index (χ1n) is 5.38. The number of ether oxygens (including phenoxy) is 1. The summed E-state index contributed by atoms with van der Waals surface area (Å²) < 4.78 is 5.50. The molecule has 78 valence electrons. The molecule has 0 saturated heterocycles. The van der Waals surface area contributed by atoms with E-state index in [4.69, 9.17) is 4.74 Å². The molecule has 0 saturated carbocycles. The highest BCUT2D eigenvalue weighted by molar-refractivity contribution is 5.16. The molecule has 2 nitrogen and oxygen atoms in total. The Morgan fingerprint density at radius 2 is 2.07 bits per heavy atom. The van der Waals surface area contributed by atoms with Gasteiger partial charge >= 0.3 is 0 Å². The van der Waals surface area contributed by atoms with Crippen molar-refractivity contribution in [3.8, 4) is 5.88 Å². The number of unbranched alkanes of at least 4 members (excludes halogenated alkanes) is 3. The molecule has 14 heavy (non-hydrogen) atoms. The fraction of sp³-hybridized carbons (Fsp3) is 0.583. The highest BCUT2D eigenvalue weighted by Gasteiger charge is 1.94. The SMILES string of the molecule is CCCCCCOc1ccc(C)cn1. The number of aromatic nitrogens is 1. The lowest BCUT2D eigenvalue weighted by molar-refractivity contribution is 0.294. The van der Waals surface area contributed by atoms with Crippen LogP contribution in [0, 0.1) is 6.92 Å². The van der Waals surface area contributed by atoms with Gasteiger partial charge < -0.3 is 4.74 Å². The Morgan fingerprint density at radius 1 is 1.21 bits per heavy atom. The number of pyridine rings is 1. The molecule has 1 aromatic rings. The third-order valence-electron chi connectivity index (χ3n) is 2.13. The number of aryl methyl sites for hydroxylation is 1. The number of nitrogens with zero attached hydrogens (tertiary/aromatic N) is 1. The maximum atomic E-state index is 5.50. The van der Waals surface area contributed by atoms with Gasteiger partial charge in [0, 0.05) is 12.3 Å². The van der Waals surface area contributed by atoms with Gasteiger partial charge in [-0.1, -0.05) is 32.3 Å². The molecule has 0 aliphatic heterocycles. The van der Waals surface area contributed by atoms with Crippen LogP contribution in [0.25, 0.3) is 0 Å². The molecule has 0 atom stereocenters. The third kappa shape index (κ3) is 4.26. The van der Waals surface area contributed by atoms with Gasteiger partial charge in [0.15, 0.2) is 0 Å². The Bertz CT molecular complexity index is 243. The smallest absolute Gasteiger partial charge is 0.213 e. The Hall–Kier alpha value is -1.05. The quantitative estimate of drug-likeness (QED) is 0.646. The van der Waals surface area contributed by atoms with Gasteiger partial charge in [0.2, 0.25) is 5.88 Å². The van der Waals surface area contributed by atoms with Crippen molar-refractivity contribution in [1.82, 2.24) is 4.98 Å². The summed E-state index contributed by atoms with van der Waals surface area (Å²) in [5.74, 6) is 0.743. The summed E-state index contributed by atoms with van der Waals surface area (Å²) in [6, 6.07) is 3.95. The van der Waals surface area contributed by atoms with Crippen LogP contribution in [0.1, 0.15) is 38.2 Å². The van der Waals surface area contributed by atoms with Crippen LogP contribution in [0.15, 0.2) is 18.3 Å². The topological polar surface area (TPSA) is 22.1 Å². The molecule has 0 spiro atoms. The molecule has 0 aliphatic rings. The first-order chi connectivity index (χ1) is 6.83. The van der Waals surface area contributed by atoms with Crippen molar-refractivity contribution in [3.63, 3.8) is 0 Å². The van der Waals surface area contributed by atoms with E-state index in [0.29, 0.717) is 0 Å². The van der Waals surface area contributed by atoms with Crippen molar-refractivity contribution >= 4 is 0 Å². The zero-order valence-corrected chi connectivity index (χ0v) is 9.12. The van der Waals surface area contributed by atoms with Gasteiger partial charge in [-0.05, 0) is 18.9 Å². The largest absolute Gasteiger partial charge is 0.478 e. The second-order valence-corrected chi connectivity index (χ2v) is 3.58. The van der Waals surface area contributed by atoms with Gasteiger partial charge in [-0.15, -0.1) is 0 Å². The lowest BCUT2D eigenvalue weighted by Gasteiger charge is -2.04. The number of hydrogen-bond acceptors (Lipinski definition) is 2. The first kappa shape index (κ1) is 11.0. The zero-order valence-electron chi connectivity index (χ0n) is 9.12. The van der Waals surface area contributed by atoms with Crippen LogP contribution in [0.2, 0.25) is 0 Å². The fourth-order valence-corrected chi connectivity index (χ4v) is 1.25. The summed E-state index contributed by atoms with van der Waals surface area (Å²) in [6.45, 7) is 5.02. The molecule has 0 aromatic carbocycles. The minimum atomic E-state index is 0.743. The molecular formula is C12H19NO. The van der Waals surface area contributed by atoms with Gasteiger partial charge in [-0.25, -0.2) is 4.98 Å². The van der Waals surface area contributed by atoms with Crippen LogP contribution in [0.4, 0.5) is 0 Å². The van der Waals surface area contributed by atoms with E-state index in [0.717, 1.165) is 18.9 Å². The summed E-state index contributed by atoms with van der Waals surface area (Å²) in [6.07, 6.45) is 6.78. The lowest BCUT2D eigenvalue weighted by Crippen LogP contribution is -1.98. The van der Waals surface area contributed by atoms with Crippen LogP contribution in [0.5, 0.6) is 5.88 Å². The minimum absolute atomic E-state index is 0.743. The van der Waals surface area contributed by atoms with Crippen molar-refractivity contribution in [2.45, 2.75) is 39.5 Å². The summed E-state index contributed by atoms with van der Waals surface area (Å²) in [4.78, 5) is 4.17. The molecule has 2 heteroatoms. The predicted molar refractivity (Wildman–Crippen MR) is 58.6 cm³/mol. The molecule has 0 radical (unpaired) electrons. The Kier molecular flexibility index (Phi) is 5.05. The van der Waals surface area contributed by atoms with Gasteiger partial charge in [-0.2, -0.15) is 0 Å². The second kappa shape index (κ2) is 6.41. The van der Waals surface area contributed by atoms with E-state index in [1.54, 1.807) is 0 Å². The third-order valence-corrected chi connectivity index (χ3v) is 2.13. The molecule has 0 amide bonds. The normalized spacial score (nSPS) is 10.1. The van der Waals surface area contributed by atoms with Crippen molar-refractivity contribution in [1.29, 1.82) is 0 Å². The van der Waals surface area contributed by atoms with Crippen LogP contribution in [-0.4, -0.2) is 11.6 Å². The van der Waals surface area contributed by atoms with E-state index in [1.807, 2.05) is 25.3 Å². The van der Waals surface area contributed by atoms with Gasteiger partial charge in [-0.3, -0.25) is 0 Å². The highest BCUT2D eigenvalue weighted by atomic mass is 16.5. The summed E-state index contributed by atoms with van der Waals surface area (Å²) in [7, 11) is 0. The predicted octanol–water partition coefficient (Wildman–Crippen LogP) is 3.35. The first-order valence-corrected chi connectivity index (χ1v) is 5.38. The van der Waals surface area contributed by atoms with Crippen LogP contribution < -0.4 is 4.74 Å². The lowest BCUT2D eigenvalue weighted by atomic mass is 10.2. The summed E-state index contributed by atoms with van der Waals surface area (Å²) >= 11 is 0. The van der Waals surface area contributed by atoms with Crippen molar-refractivity contribution in [2.24, 2.45) is 0 Å². The van der Waals surface area contributed by atoms with Crippen LogP contribution in [0.3, 0.4) is 0 Å².